The lowest BCUT2D eigenvalue weighted by Gasteiger charge is -2.34. The molecule has 1 atom stereocenters. The van der Waals surface area contributed by atoms with E-state index in [0.717, 1.165) is 52.2 Å². The summed E-state index contributed by atoms with van der Waals surface area (Å²) in [5, 5.41) is 5.90. The second-order valence-corrected chi connectivity index (χ2v) is 10.6. The number of hydrogen-bond donors (Lipinski definition) is 1. The van der Waals surface area contributed by atoms with Gasteiger partial charge in [-0.2, -0.15) is 0 Å². The number of rotatable bonds is 5. The topological polar surface area (TPSA) is 74.8 Å². The summed E-state index contributed by atoms with van der Waals surface area (Å²) in [5.74, 6) is 0.824. The lowest BCUT2D eigenvalue weighted by molar-refractivity contribution is -0.115. The lowest BCUT2D eigenvalue weighted by Crippen LogP contribution is -2.48. The average molecular weight is 495 g/mol. The number of carbonyl (C=O) groups excluding carboxylic acids is 2. The van der Waals surface area contributed by atoms with Crippen molar-refractivity contribution in [2.45, 2.75) is 23.6 Å². The van der Waals surface area contributed by atoms with Crippen LogP contribution in [0.1, 0.15) is 23.0 Å². The molecule has 5 rings (SSSR count). The Hall–Kier alpha value is -2.88. The summed E-state index contributed by atoms with van der Waals surface area (Å²) in [4.78, 5) is 35.1. The highest BCUT2D eigenvalue weighted by Gasteiger charge is 2.26. The number of thiazole rings is 1. The molecule has 7 nitrogen and oxygen atoms in total. The van der Waals surface area contributed by atoms with Gasteiger partial charge >= 0.3 is 0 Å². The Morgan fingerprint density at radius 1 is 1.15 bits per heavy atom. The van der Waals surface area contributed by atoms with Gasteiger partial charge in [0.05, 0.1) is 23.7 Å². The highest BCUT2D eigenvalue weighted by Crippen LogP contribution is 2.36. The molecule has 1 N–H and O–H groups in total. The Morgan fingerprint density at radius 2 is 1.91 bits per heavy atom. The van der Waals surface area contributed by atoms with Gasteiger partial charge < -0.3 is 15.0 Å². The summed E-state index contributed by atoms with van der Waals surface area (Å²) in [6.07, 6.45) is 0. The van der Waals surface area contributed by atoms with E-state index in [0.29, 0.717) is 18.7 Å². The third-order valence-electron chi connectivity index (χ3n) is 6.09. The van der Waals surface area contributed by atoms with Crippen LogP contribution in [0.3, 0.4) is 0 Å². The van der Waals surface area contributed by atoms with E-state index in [9.17, 15) is 9.59 Å². The van der Waals surface area contributed by atoms with Gasteiger partial charge in [0.1, 0.15) is 10.8 Å². The predicted octanol–water partition coefficient (Wildman–Crippen LogP) is 4.21. The molecule has 2 aliphatic heterocycles. The predicted molar refractivity (Wildman–Crippen MR) is 136 cm³/mol. The maximum atomic E-state index is 13.1. The van der Waals surface area contributed by atoms with Gasteiger partial charge in [-0.3, -0.25) is 14.5 Å². The van der Waals surface area contributed by atoms with Crippen molar-refractivity contribution in [1.29, 1.82) is 0 Å². The summed E-state index contributed by atoms with van der Waals surface area (Å²) in [5.41, 5.74) is 3.48. The Morgan fingerprint density at radius 3 is 2.65 bits per heavy atom. The number of hydrogen-bond acceptors (Lipinski definition) is 7. The number of carbonyl (C=O) groups is 2. The zero-order valence-electron chi connectivity index (χ0n) is 19.1. The van der Waals surface area contributed by atoms with E-state index in [1.54, 1.807) is 24.5 Å². The summed E-state index contributed by atoms with van der Waals surface area (Å²) < 4.78 is 5.23. The molecule has 34 heavy (non-hydrogen) atoms. The number of nitrogens with zero attached hydrogens (tertiary/aromatic N) is 3. The number of amides is 2. The Bertz CT molecular complexity index is 1200. The number of aromatic nitrogens is 1. The van der Waals surface area contributed by atoms with Crippen LogP contribution in [0.2, 0.25) is 0 Å². The number of ether oxygens (including phenoxy) is 1. The first kappa shape index (κ1) is 22.9. The van der Waals surface area contributed by atoms with Crippen LogP contribution in [0.25, 0.3) is 10.6 Å². The Labute approximate surface area is 207 Å². The standard InChI is InChI=1S/C25H26N4O3S2/c1-16-23(30)27-21-13-18(5-8-22(21)34-16)25(31)29-11-9-28(10-12-29)14-19-15-33-24(26-19)17-3-6-20(32-2)7-4-17/h3-8,13,15-16H,9-12,14H2,1-2H3,(H,27,30). The number of nitrogens with one attached hydrogen (secondary N) is 1. The van der Waals surface area contributed by atoms with Crippen LogP contribution in [0.4, 0.5) is 5.69 Å². The van der Waals surface area contributed by atoms with Gasteiger partial charge in [0.2, 0.25) is 5.91 Å². The lowest BCUT2D eigenvalue weighted by atomic mass is 10.1. The maximum absolute atomic E-state index is 13.1. The minimum absolute atomic E-state index is 0.00997. The Balaban J connectivity index is 1.17. The van der Waals surface area contributed by atoms with E-state index >= 15 is 0 Å². The first-order valence-electron chi connectivity index (χ1n) is 11.2. The van der Waals surface area contributed by atoms with Crippen molar-refractivity contribution in [2.24, 2.45) is 0 Å². The van der Waals surface area contributed by atoms with Crippen molar-refractivity contribution < 1.29 is 14.3 Å². The van der Waals surface area contributed by atoms with E-state index in [4.69, 9.17) is 9.72 Å². The molecule has 0 bridgehead atoms. The smallest absolute Gasteiger partial charge is 0.254 e. The molecule has 0 aliphatic carbocycles. The monoisotopic (exact) mass is 494 g/mol. The second kappa shape index (κ2) is 9.77. The van der Waals surface area contributed by atoms with Gasteiger partial charge in [-0.05, 0) is 49.4 Å². The molecule has 0 saturated carbocycles. The van der Waals surface area contributed by atoms with Crippen molar-refractivity contribution >= 4 is 40.6 Å². The SMILES string of the molecule is COc1ccc(-c2nc(CN3CCN(C(=O)c4ccc5c(c4)NC(=O)C(C)S5)CC3)cs2)cc1. The van der Waals surface area contributed by atoms with Gasteiger partial charge in [-0.15, -0.1) is 23.1 Å². The molecule has 3 aromatic rings. The van der Waals surface area contributed by atoms with Crippen LogP contribution < -0.4 is 10.1 Å². The van der Waals surface area contributed by atoms with Gasteiger partial charge in [-0.1, -0.05) is 0 Å². The van der Waals surface area contributed by atoms with Crippen molar-refractivity contribution in [2.75, 3.05) is 38.6 Å². The van der Waals surface area contributed by atoms with Gasteiger partial charge in [0.25, 0.3) is 5.91 Å². The molecule has 1 saturated heterocycles. The quantitative estimate of drug-likeness (QED) is 0.573. The minimum atomic E-state index is -0.118. The largest absolute Gasteiger partial charge is 0.497 e. The zero-order chi connectivity index (χ0) is 23.7. The fourth-order valence-electron chi connectivity index (χ4n) is 4.11. The van der Waals surface area contributed by atoms with Crippen LogP contribution in [0.5, 0.6) is 5.75 Å². The van der Waals surface area contributed by atoms with Crippen LogP contribution in [0, 0.1) is 0 Å². The van der Waals surface area contributed by atoms with E-state index in [1.807, 2.05) is 48.2 Å². The number of benzene rings is 2. The van der Waals surface area contributed by atoms with Gasteiger partial charge in [0.15, 0.2) is 0 Å². The van der Waals surface area contributed by atoms with Crippen LogP contribution in [0.15, 0.2) is 52.7 Å². The van der Waals surface area contributed by atoms with E-state index in [-0.39, 0.29) is 17.1 Å². The van der Waals surface area contributed by atoms with Crippen LogP contribution >= 0.6 is 23.1 Å². The average Bonchev–Trinajstić information content (AvgIpc) is 3.33. The Kier molecular flexibility index (Phi) is 6.58. The van der Waals surface area contributed by atoms with Gasteiger partial charge in [-0.25, -0.2) is 4.98 Å². The zero-order valence-corrected chi connectivity index (χ0v) is 20.7. The number of fused-ring (bicyclic) bond motifs is 1. The molecule has 176 valence electrons. The number of piperazine rings is 1. The van der Waals surface area contributed by atoms with Gasteiger partial charge in [0, 0.05) is 54.1 Å². The second-order valence-electron chi connectivity index (χ2n) is 8.40. The molecule has 0 radical (unpaired) electrons. The maximum Gasteiger partial charge on any atom is 0.254 e. The van der Waals surface area contributed by atoms with E-state index < -0.39 is 0 Å². The summed E-state index contributed by atoms with van der Waals surface area (Å²) in [6, 6.07) is 13.5. The van der Waals surface area contributed by atoms with Crippen LogP contribution in [-0.4, -0.2) is 65.1 Å². The molecular formula is C25H26N4O3S2. The number of thioether (sulfide) groups is 1. The molecule has 2 aliphatic rings. The van der Waals surface area contributed by atoms with Crippen molar-refractivity contribution in [1.82, 2.24) is 14.8 Å². The third kappa shape index (κ3) is 4.82. The molecule has 3 heterocycles. The minimum Gasteiger partial charge on any atom is -0.497 e. The first-order chi connectivity index (χ1) is 16.5. The summed E-state index contributed by atoms with van der Waals surface area (Å²) >= 11 is 3.17. The van der Waals surface area contributed by atoms with Crippen molar-refractivity contribution in [3.05, 3.63) is 59.1 Å². The fourth-order valence-corrected chi connectivity index (χ4v) is 5.86. The van der Waals surface area contributed by atoms with E-state index in [1.165, 1.54) is 11.8 Å². The third-order valence-corrected chi connectivity index (χ3v) is 8.21. The molecule has 9 heteroatoms. The van der Waals surface area contributed by atoms with Crippen molar-refractivity contribution in [3.63, 3.8) is 0 Å². The molecule has 1 unspecified atom stereocenters. The van der Waals surface area contributed by atoms with E-state index in [2.05, 4.69) is 15.6 Å². The highest BCUT2D eigenvalue weighted by atomic mass is 32.2. The normalized spacial score (nSPS) is 18.4. The molecule has 1 fully saturated rings. The molecule has 1 aromatic heterocycles. The first-order valence-corrected chi connectivity index (χ1v) is 13.0. The number of anilines is 1. The molecule has 2 amide bonds. The fraction of sp³-hybridized carbons (Fsp3) is 0.320. The summed E-state index contributed by atoms with van der Waals surface area (Å²) in [7, 11) is 1.66. The summed E-state index contributed by atoms with van der Waals surface area (Å²) in [6.45, 7) is 5.60. The molecule has 2 aromatic carbocycles. The molecule has 0 spiro atoms. The number of methoxy groups -OCH3 is 1. The van der Waals surface area contributed by atoms with Crippen LogP contribution in [-0.2, 0) is 11.3 Å². The van der Waals surface area contributed by atoms with Crippen molar-refractivity contribution in [3.8, 4) is 16.3 Å². The highest BCUT2D eigenvalue weighted by molar-refractivity contribution is 8.00. The molecular weight excluding hydrogens is 468 g/mol.